The van der Waals surface area contributed by atoms with Crippen molar-refractivity contribution in [3.05, 3.63) is 48.2 Å². The quantitative estimate of drug-likeness (QED) is 0.730. The van der Waals surface area contributed by atoms with Gasteiger partial charge in [0.15, 0.2) is 9.84 Å². The number of aromatic nitrogens is 1. The molecule has 2 heterocycles. The lowest BCUT2D eigenvalue weighted by molar-refractivity contribution is 0.0143. The lowest BCUT2D eigenvalue weighted by Gasteiger charge is -2.38. The summed E-state index contributed by atoms with van der Waals surface area (Å²) in [6.07, 6.45) is 3.67. The molecule has 32 heavy (non-hydrogen) atoms. The molecular formula is C24H33N3O4S. The molecule has 3 rings (SSSR count). The van der Waals surface area contributed by atoms with E-state index in [0.29, 0.717) is 36.5 Å². The van der Waals surface area contributed by atoms with Crippen LogP contribution in [0.2, 0.25) is 0 Å². The van der Waals surface area contributed by atoms with Crippen LogP contribution in [0.15, 0.2) is 47.5 Å². The topological polar surface area (TPSA) is 88.6 Å². The maximum atomic E-state index is 12.3. The molecule has 1 N–H and O–H groups in total. The van der Waals surface area contributed by atoms with Gasteiger partial charge in [0.25, 0.3) is 0 Å². The molecule has 1 saturated heterocycles. The number of sulfone groups is 1. The van der Waals surface area contributed by atoms with Gasteiger partial charge in [0, 0.05) is 43.7 Å². The number of amides is 1. The Morgan fingerprint density at radius 2 is 1.88 bits per heavy atom. The summed E-state index contributed by atoms with van der Waals surface area (Å²) in [6.45, 7) is 9.84. The fraction of sp³-hybridized carbons (Fsp3) is 0.500. The van der Waals surface area contributed by atoms with Crippen molar-refractivity contribution < 1.29 is 17.9 Å². The molecule has 0 aliphatic carbocycles. The first-order valence-corrected chi connectivity index (χ1v) is 12.8. The zero-order chi connectivity index (χ0) is 23.5. The number of carbonyl (C=O) groups excluding carboxylic acids is 1. The van der Waals surface area contributed by atoms with Crippen LogP contribution in [-0.4, -0.2) is 55.4 Å². The minimum atomic E-state index is -3.21. The molecular weight excluding hydrogens is 426 g/mol. The van der Waals surface area contributed by atoms with Gasteiger partial charge in [-0.2, -0.15) is 0 Å². The average Bonchev–Trinajstić information content (AvgIpc) is 2.71. The van der Waals surface area contributed by atoms with Crippen LogP contribution in [0.5, 0.6) is 0 Å². The highest BCUT2D eigenvalue weighted by atomic mass is 32.2. The third-order valence-corrected chi connectivity index (χ3v) is 6.66. The number of carbonyl (C=O) groups is 1. The molecule has 0 bridgehead atoms. The summed E-state index contributed by atoms with van der Waals surface area (Å²) in [5.74, 6) is 0.317. The van der Waals surface area contributed by atoms with Crippen molar-refractivity contribution in [2.45, 2.75) is 57.2 Å². The molecule has 7 nitrogen and oxygen atoms in total. The van der Waals surface area contributed by atoms with Gasteiger partial charge in [-0.05, 0) is 56.9 Å². The van der Waals surface area contributed by atoms with E-state index in [0.717, 1.165) is 23.2 Å². The van der Waals surface area contributed by atoms with Crippen molar-refractivity contribution in [3.8, 4) is 11.3 Å². The van der Waals surface area contributed by atoms with Crippen molar-refractivity contribution in [3.63, 3.8) is 0 Å². The number of hydrogen-bond acceptors (Lipinski definition) is 6. The van der Waals surface area contributed by atoms with Crippen LogP contribution in [-0.2, 0) is 21.1 Å². The highest BCUT2D eigenvalue weighted by Gasteiger charge is 2.30. The summed E-state index contributed by atoms with van der Waals surface area (Å²) in [7, 11) is -3.21. The second kappa shape index (κ2) is 9.58. The van der Waals surface area contributed by atoms with E-state index in [1.807, 2.05) is 39.1 Å². The van der Waals surface area contributed by atoms with Crippen molar-refractivity contribution in [2.75, 3.05) is 19.3 Å². The predicted molar refractivity (Wildman–Crippen MR) is 125 cm³/mol. The van der Waals surface area contributed by atoms with Gasteiger partial charge in [0.1, 0.15) is 5.60 Å². The number of piperidine rings is 1. The monoisotopic (exact) mass is 459 g/mol. The van der Waals surface area contributed by atoms with E-state index in [-0.39, 0.29) is 6.09 Å². The highest BCUT2D eigenvalue weighted by molar-refractivity contribution is 7.90. The van der Waals surface area contributed by atoms with E-state index in [1.54, 1.807) is 29.2 Å². The lowest BCUT2D eigenvalue weighted by atomic mass is 9.94. The van der Waals surface area contributed by atoms with E-state index in [2.05, 4.69) is 17.2 Å². The van der Waals surface area contributed by atoms with Crippen LogP contribution in [0.3, 0.4) is 0 Å². The average molecular weight is 460 g/mol. The zero-order valence-corrected chi connectivity index (χ0v) is 20.3. The number of hydrogen-bond donors (Lipinski definition) is 1. The zero-order valence-electron chi connectivity index (χ0n) is 19.5. The number of likely N-dealkylation sites (tertiary alicyclic amines) is 1. The molecule has 2 atom stereocenters. The number of ether oxygens (including phenoxy) is 1. The highest BCUT2D eigenvalue weighted by Crippen LogP contribution is 2.22. The Kier molecular flexibility index (Phi) is 7.25. The summed E-state index contributed by atoms with van der Waals surface area (Å²) in [5, 5.41) is 3.59. The fourth-order valence-electron chi connectivity index (χ4n) is 3.76. The first-order chi connectivity index (χ1) is 14.9. The number of rotatable bonds is 5. The summed E-state index contributed by atoms with van der Waals surface area (Å²) in [4.78, 5) is 18.9. The third-order valence-electron chi connectivity index (χ3n) is 5.53. The number of nitrogens with one attached hydrogen (secondary N) is 1. The van der Waals surface area contributed by atoms with Crippen LogP contribution < -0.4 is 5.32 Å². The fourth-order valence-corrected chi connectivity index (χ4v) is 4.39. The van der Waals surface area contributed by atoms with Gasteiger partial charge in [-0.15, -0.1) is 0 Å². The van der Waals surface area contributed by atoms with E-state index < -0.39 is 15.4 Å². The molecule has 1 aliphatic rings. The molecule has 0 radical (unpaired) electrons. The van der Waals surface area contributed by atoms with Crippen LogP contribution in [0, 0.1) is 5.92 Å². The second-order valence-electron chi connectivity index (χ2n) is 9.53. The maximum absolute atomic E-state index is 12.3. The van der Waals surface area contributed by atoms with E-state index in [4.69, 9.17) is 4.74 Å². The largest absolute Gasteiger partial charge is 0.444 e. The van der Waals surface area contributed by atoms with Gasteiger partial charge < -0.3 is 15.0 Å². The van der Waals surface area contributed by atoms with Crippen LogP contribution >= 0.6 is 0 Å². The maximum Gasteiger partial charge on any atom is 0.410 e. The molecule has 1 fully saturated rings. The van der Waals surface area contributed by atoms with Gasteiger partial charge in [-0.1, -0.05) is 25.1 Å². The third kappa shape index (κ3) is 6.53. The van der Waals surface area contributed by atoms with Gasteiger partial charge in [-0.3, -0.25) is 4.98 Å². The minimum absolute atomic E-state index is 0.243. The molecule has 1 amide bonds. The van der Waals surface area contributed by atoms with Crippen LogP contribution in [0.4, 0.5) is 4.79 Å². The molecule has 0 spiro atoms. The normalized spacial score (nSPS) is 19.6. The molecule has 0 saturated carbocycles. The Bertz CT molecular complexity index is 1030. The molecule has 8 heteroatoms. The van der Waals surface area contributed by atoms with Crippen molar-refractivity contribution in [1.82, 2.24) is 15.2 Å². The molecule has 1 aromatic carbocycles. The first-order valence-electron chi connectivity index (χ1n) is 10.9. The minimum Gasteiger partial charge on any atom is -0.444 e. The van der Waals surface area contributed by atoms with Crippen molar-refractivity contribution in [1.29, 1.82) is 0 Å². The first kappa shape index (κ1) is 24.2. The number of benzene rings is 1. The Morgan fingerprint density at radius 1 is 1.19 bits per heavy atom. The van der Waals surface area contributed by atoms with E-state index >= 15 is 0 Å². The number of pyridine rings is 1. The van der Waals surface area contributed by atoms with E-state index in [1.165, 1.54) is 6.26 Å². The Labute approximate surface area is 191 Å². The second-order valence-corrected chi connectivity index (χ2v) is 11.5. The van der Waals surface area contributed by atoms with E-state index in [9.17, 15) is 13.2 Å². The predicted octanol–water partition coefficient (Wildman–Crippen LogP) is 3.89. The number of nitrogens with zero attached hydrogens (tertiary/aromatic N) is 2. The SMILES string of the molecule is CC1CN(C(=O)OC(C)(C)C)CCC1NCc1ccc(-c2ccc(S(C)(=O)=O)cc2)nc1. The molecule has 174 valence electrons. The summed E-state index contributed by atoms with van der Waals surface area (Å²) in [5.41, 5.74) is 2.26. The molecule has 1 aliphatic heterocycles. The van der Waals surface area contributed by atoms with Crippen LogP contribution in [0.1, 0.15) is 39.7 Å². The van der Waals surface area contributed by atoms with Crippen LogP contribution in [0.25, 0.3) is 11.3 Å². The Hall–Kier alpha value is -2.45. The summed E-state index contributed by atoms with van der Waals surface area (Å²) >= 11 is 0. The standard InChI is InChI=1S/C24H33N3O4S/c1-17-16-27(23(28)31-24(2,3)4)13-12-21(17)25-14-18-6-11-22(26-15-18)19-7-9-20(10-8-19)32(5,29)30/h6-11,15,17,21,25H,12-14,16H2,1-5H3. The summed E-state index contributed by atoms with van der Waals surface area (Å²) < 4.78 is 28.7. The lowest BCUT2D eigenvalue weighted by Crippen LogP contribution is -2.50. The summed E-state index contributed by atoms with van der Waals surface area (Å²) in [6, 6.07) is 11.0. The van der Waals surface area contributed by atoms with Gasteiger partial charge >= 0.3 is 6.09 Å². The molecule has 2 unspecified atom stereocenters. The smallest absolute Gasteiger partial charge is 0.410 e. The Morgan fingerprint density at radius 3 is 2.41 bits per heavy atom. The van der Waals surface area contributed by atoms with Gasteiger partial charge in [0.2, 0.25) is 0 Å². The van der Waals surface area contributed by atoms with Gasteiger partial charge in [-0.25, -0.2) is 13.2 Å². The van der Waals surface area contributed by atoms with Crippen molar-refractivity contribution >= 4 is 15.9 Å². The van der Waals surface area contributed by atoms with Gasteiger partial charge in [0.05, 0.1) is 10.6 Å². The molecule has 2 aromatic rings. The molecule has 1 aromatic heterocycles. The van der Waals surface area contributed by atoms with Crippen molar-refractivity contribution in [2.24, 2.45) is 5.92 Å². The Balaban J connectivity index is 1.53.